The first-order valence-electron chi connectivity index (χ1n) is 5.73. The van der Waals surface area contributed by atoms with Crippen molar-refractivity contribution in [2.45, 2.75) is 6.42 Å². The molecule has 0 amide bonds. The number of nitrogens with zero attached hydrogens (tertiary/aromatic N) is 1. The minimum Gasteiger partial charge on any atom is -0.494 e. The summed E-state index contributed by atoms with van der Waals surface area (Å²) in [5.41, 5.74) is 1.37. The molecule has 2 aromatic rings. The van der Waals surface area contributed by atoms with Crippen molar-refractivity contribution < 1.29 is 14.6 Å². The highest BCUT2D eigenvalue weighted by molar-refractivity contribution is 6.39. The quantitative estimate of drug-likeness (QED) is 0.935. The van der Waals surface area contributed by atoms with Gasteiger partial charge in [-0.1, -0.05) is 29.3 Å². The Morgan fingerprint density at radius 3 is 2.45 bits per heavy atom. The van der Waals surface area contributed by atoms with Crippen LogP contribution in [-0.2, 0) is 11.2 Å². The molecule has 0 saturated heterocycles. The third kappa shape index (κ3) is 3.03. The van der Waals surface area contributed by atoms with Crippen LogP contribution in [0.3, 0.4) is 0 Å². The monoisotopic (exact) mass is 311 g/mol. The standard InChI is InChI=1S/C14H11Cl2NO3/c1-20-11-6-5-8(7-12(18)19)17-14(11)13-9(15)3-2-4-10(13)16/h2-6H,7H2,1H3,(H,18,19). The van der Waals surface area contributed by atoms with Gasteiger partial charge in [0.25, 0.3) is 0 Å². The average molecular weight is 312 g/mol. The lowest BCUT2D eigenvalue weighted by atomic mass is 10.1. The van der Waals surface area contributed by atoms with Gasteiger partial charge in [-0.3, -0.25) is 4.79 Å². The summed E-state index contributed by atoms with van der Waals surface area (Å²) in [6.45, 7) is 0. The lowest BCUT2D eigenvalue weighted by molar-refractivity contribution is -0.136. The minimum absolute atomic E-state index is 0.181. The Kier molecular flexibility index (Phi) is 4.47. The van der Waals surface area contributed by atoms with Gasteiger partial charge in [-0.2, -0.15) is 0 Å². The van der Waals surface area contributed by atoms with Crippen LogP contribution in [0.15, 0.2) is 30.3 Å². The van der Waals surface area contributed by atoms with E-state index in [0.29, 0.717) is 32.7 Å². The fourth-order valence-electron chi connectivity index (χ4n) is 1.81. The van der Waals surface area contributed by atoms with E-state index in [1.807, 2.05) is 0 Å². The van der Waals surface area contributed by atoms with E-state index in [2.05, 4.69) is 4.98 Å². The Bertz CT molecular complexity index is 639. The maximum absolute atomic E-state index is 10.8. The molecule has 0 radical (unpaired) electrons. The minimum atomic E-state index is -0.959. The van der Waals surface area contributed by atoms with Crippen LogP contribution in [0.5, 0.6) is 5.75 Å². The molecule has 0 spiro atoms. The summed E-state index contributed by atoms with van der Waals surface area (Å²) >= 11 is 12.3. The molecule has 0 fully saturated rings. The average Bonchev–Trinajstić information content (AvgIpc) is 2.38. The molecule has 2 rings (SSSR count). The molecular formula is C14H11Cl2NO3. The van der Waals surface area contributed by atoms with Crippen molar-refractivity contribution in [3.63, 3.8) is 0 Å². The fourth-order valence-corrected chi connectivity index (χ4v) is 2.38. The molecule has 0 atom stereocenters. The molecule has 0 bridgehead atoms. The summed E-state index contributed by atoms with van der Waals surface area (Å²) < 4.78 is 5.24. The topological polar surface area (TPSA) is 59.4 Å². The van der Waals surface area contributed by atoms with E-state index in [1.54, 1.807) is 30.3 Å². The summed E-state index contributed by atoms with van der Waals surface area (Å²) in [7, 11) is 1.50. The predicted molar refractivity (Wildman–Crippen MR) is 77.6 cm³/mol. The molecule has 4 nitrogen and oxygen atoms in total. The number of carbonyl (C=O) groups is 1. The van der Waals surface area contributed by atoms with Gasteiger partial charge in [0.2, 0.25) is 0 Å². The zero-order chi connectivity index (χ0) is 14.7. The smallest absolute Gasteiger partial charge is 0.309 e. The Hall–Kier alpha value is -1.78. The van der Waals surface area contributed by atoms with Crippen molar-refractivity contribution in [1.29, 1.82) is 0 Å². The molecule has 6 heteroatoms. The fraction of sp³-hybridized carbons (Fsp3) is 0.143. The normalized spacial score (nSPS) is 10.3. The van der Waals surface area contributed by atoms with Gasteiger partial charge in [-0.05, 0) is 24.3 Å². The van der Waals surface area contributed by atoms with Crippen LogP contribution < -0.4 is 4.74 Å². The molecule has 1 N–H and O–H groups in total. The number of methoxy groups -OCH3 is 1. The van der Waals surface area contributed by atoms with Gasteiger partial charge in [0, 0.05) is 5.56 Å². The van der Waals surface area contributed by atoms with Gasteiger partial charge in [-0.15, -0.1) is 0 Å². The third-order valence-corrected chi connectivity index (χ3v) is 3.30. The van der Waals surface area contributed by atoms with Crippen LogP contribution in [0.2, 0.25) is 10.0 Å². The van der Waals surface area contributed by atoms with E-state index in [1.165, 1.54) is 7.11 Å². The Morgan fingerprint density at radius 1 is 1.25 bits per heavy atom. The molecule has 0 unspecified atom stereocenters. The number of hydrogen-bond acceptors (Lipinski definition) is 3. The molecule has 1 aromatic heterocycles. The van der Waals surface area contributed by atoms with E-state index < -0.39 is 5.97 Å². The number of rotatable bonds is 4. The Morgan fingerprint density at radius 2 is 1.90 bits per heavy atom. The van der Waals surface area contributed by atoms with Crippen LogP contribution in [0.4, 0.5) is 0 Å². The summed E-state index contributed by atoms with van der Waals surface area (Å²) in [6.07, 6.45) is -0.181. The summed E-state index contributed by atoms with van der Waals surface area (Å²) in [5, 5.41) is 9.69. The van der Waals surface area contributed by atoms with Gasteiger partial charge in [-0.25, -0.2) is 4.98 Å². The third-order valence-electron chi connectivity index (χ3n) is 2.67. The summed E-state index contributed by atoms with van der Waals surface area (Å²) in [6, 6.07) is 8.35. The summed E-state index contributed by atoms with van der Waals surface area (Å²) in [4.78, 5) is 15.1. The number of aromatic nitrogens is 1. The molecule has 1 heterocycles. The number of hydrogen-bond donors (Lipinski definition) is 1. The number of aliphatic carboxylic acids is 1. The largest absolute Gasteiger partial charge is 0.494 e. The van der Waals surface area contributed by atoms with E-state index in [0.717, 1.165) is 0 Å². The van der Waals surface area contributed by atoms with Crippen molar-refractivity contribution in [2.75, 3.05) is 7.11 Å². The van der Waals surface area contributed by atoms with Crippen molar-refractivity contribution in [3.8, 4) is 17.0 Å². The predicted octanol–water partition coefficient (Wildman–Crippen LogP) is 3.69. The second-order valence-electron chi connectivity index (χ2n) is 4.02. The van der Waals surface area contributed by atoms with Crippen LogP contribution in [0, 0.1) is 0 Å². The Labute approximate surface area is 125 Å². The van der Waals surface area contributed by atoms with Gasteiger partial charge in [0.1, 0.15) is 11.4 Å². The molecule has 0 aliphatic heterocycles. The van der Waals surface area contributed by atoms with Gasteiger partial charge in [0.15, 0.2) is 0 Å². The lowest BCUT2D eigenvalue weighted by Gasteiger charge is -2.12. The van der Waals surface area contributed by atoms with Crippen LogP contribution >= 0.6 is 23.2 Å². The van der Waals surface area contributed by atoms with E-state index in [-0.39, 0.29) is 6.42 Å². The second kappa shape index (κ2) is 6.11. The lowest BCUT2D eigenvalue weighted by Crippen LogP contribution is -2.04. The number of carboxylic acid groups (broad SMARTS) is 1. The van der Waals surface area contributed by atoms with Crippen LogP contribution in [0.1, 0.15) is 5.69 Å². The maximum Gasteiger partial charge on any atom is 0.309 e. The van der Waals surface area contributed by atoms with E-state index >= 15 is 0 Å². The number of pyridine rings is 1. The molecule has 104 valence electrons. The van der Waals surface area contributed by atoms with Crippen molar-refractivity contribution >= 4 is 29.2 Å². The first-order chi connectivity index (χ1) is 9.52. The molecule has 1 aromatic carbocycles. The van der Waals surface area contributed by atoms with Crippen molar-refractivity contribution in [3.05, 3.63) is 46.1 Å². The maximum atomic E-state index is 10.8. The number of ether oxygens (including phenoxy) is 1. The summed E-state index contributed by atoms with van der Waals surface area (Å²) in [5.74, 6) is -0.479. The zero-order valence-corrected chi connectivity index (χ0v) is 12.1. The second-order valence-corrected chi connectivity index (χ2v) is 4.84. The SMILES string of the molecule is COc1ccc(CC(=O)O)nc1-c1c(Cl)cccc1Cl. The van der Waals surface area contributed by atoms with Gasteiger partial charge >= 0.3 is 5.97 Å². The molecule has 0 saturated carbocycles. The van der Waals surface area contributed by atoms with Crippen molar-refractivity contribution in [2.24, 2.45) is 0 Å². The van der Waals surface area contributed by atoms with Crippen molar-refractivity contribution in [1.82, 2.24) is 4.98 Å². The molecule has 0 aliphatic carbocycles. The first kappa shape index (κ1) is 14.6. The Balaban J connectivity index is 2.61. The number of halogens is 2. The van der Waals surface area contributed by atoms with E-state index in [9.17, 15) is 4.79 Å². The van der Waals surface area contributed by atoms with Gasteiger partial charge < -0.3 is 9.84 Å². The molecular weight excluding hydrogens is 301 g/mol. The van der Waals surface area contributed by atoms with Gasteiger partial charge in [0.05, 0.1) is 29.3 Å². The molecule has 0 aliphatic rings. The number of benzene rings is 1. The number of carboxylic acids is 1. The van der Waals surface area contributed by atoms with E-state index in [4.69, 9.17) is 33.0 Å². The highest BCUT2D eigenvalue weighted by Gasteiger charge is 2.16. The first-order valence-corrected chi connectivity index (χ1v) is 6.48. The zero-order valence-electron chi connectivity index (χ0n) is 10.6. The van der Waals surface area contributed by atoms with Crippen LogP contribution in [-0.4, -0.2) is 23.2 Å². The highest BCUT2D eigenvalue weighted by Crippen LogP contribution is 2.38. The highest BCUT2D eigenvalue weighted by atomic mass is 35.5. The van der Waals surface area contributed by atoms with Crippen LogP contribution in [0.25, 0.3) is 11.3 Å². The molecule has 20 heavy (non-hydrogen) atoms.